The number of nitrogens with zero attached hydrogens (tertiary/aromatic N) is 2. The molecule has 2 amide bonds. The van der Waals surface area contributed by atoms with Gasteiger partial charge in [0.2, 0.25) is 5.91 Å². The van der Waals surface area contributed by atoms with Gasteiger partial charge < -0.3 is 10.2 Å². The van der Waals surface area contributed by atoms with Gasteiger partial charge in [-0.05, 0) is 25.0 Å². The Kier molecular flexibility index (Phi) is 3.69. The van der Waals surface area contributed by atoms with Crippen LogP contribution in [0.25, 0.3) is 0 Å². The molecule has 1 fully saturated rings. The van der Waals surface area contributed by atoms with E-state index in [-0.39, 0.29) is 17.5 Å². The summed E-state index contributed by atoms with van der Waals surface area (Å²) >= 11 is 0. The zero-order chi connectivity index (χ0) is 14.9. The van der Waals surface area contributed by atoms with Gasteiger partial charge >= 0.3 is 0 Å². The molecule has 1 N–H and O–H groups in total. The van der Waals surface area contributed by atoms with Crippen LogP contribution in [0.5, 0.6) is 0 Å². The summed E-state index contributed by atoms with van der Waals surface area (Å²) in [6.07, 6.45) is 0.576. The Bertz CT molecular complexity index is 585. The minimum atomic E-state index is -0.512. The molecule has 1 unspecified atom stereocenters. The third kappa shape index (κ3) is 2.61. The molecule has 0 aliphatic carbocycles. The molecule has 1 saturated heterocycles. The molecule has 1 aliphatic heterocycles. The maximum Gasteiger partial charge on any atom is 0.269 e. The number of rotatable bonds is 3. The van der Waals surface area contributed by atoms with Crippen molar-refractivity contribution in [3.05, 3.63) is 39.4 Å². The maximum absolute atomic E-state index is 12.1. The van der Waals surface area contributed by atoms with Crippen LogP contribution in [-0.2, 0) is 4.79 Å². The Balaban J connectivity index is 2.14. The van der Waals surface area contributed by atoms with Crippen LogP contribution < -0.4 is 5.32 Å². The van der Waals surface area contributed by atoms with Gasteiger partial charge in [-0.3, -0.25) is 19.7 Å². The smallest absolute Gasteiger partial charge is 0.269 e. The molecule has 20 heavy (non-hydrogen) atoms. The average Bonchev–Trinajstić information content (AvgIpc) is 2.70. The summed E-state index contributed by atoms with van der Waals surface area (Å²) in [5, 5.41) is 13.3. The van der Waals surface area contributed by atoms with Gasteiger partial charge in [0, 0.05) is 31.3 Å². The Labute approximate surface area is 115 Å². The number of aryl methyl sites for hydroxylation is 1. The van der Waals surface area contributed by atoms with Crippen LogP contribution in [0, 0.1) is 17.0 Å². The Morgan fingerprint density at radius 3 is 2.70 bits per heavy atom. The van der Waals surface area contributed by atoms with Crippen LogP contribution in [0.15, 0.2) is 18.2 Å². The molecule has 0 aromatic heterocycles. The van der Waals surface area contributed by atoms with E-state index in [0.717, 1.165) is 0 Å². The van der Waals surface area contributed by atoms with Crippen molar-refractivity contribution in [3.8, 4) is 0 Å². The van der Waals surface area contributed by atoms with Gasteiger partial charge in [0.1, 0.15) is 6.04 Å². The van der Waals surface area contributed by atoms with Gasteiger partial charge in [-0.25, -0.2) is 0 Å². The molecule has 1 heterocycles. The first-order chi connectivity index (χ1) is 9.40. The summed E-state index contributed by atoms with van der Waals surface area (Å²) in [6.45, 7) is 2.24. The number of likely N-dealkylation sites (tertiary alicyclic amines) is 1. The van der Waals surface area contributed by atoms with E-state index in [1.54, 1.807) is 18.9 Å². The van der Waals surface area contributed by atoms with E-state index >= 15 is 0 Å². The summed E-state index contributed by atoms with van der Waals surface area (Å²) in [6, 6.07) is 3.52. The van der Waals surface area contributed by atoms with Gasteiger partial charge in [0.25, 0.3) is 11.6 Å². The number of nitro groups is 1. The van der Waals surface area contributed by atoms with Crippen LogP contribution in [0.1, 0.15) is 22.3 Å². The molecule has 2 rings (SSSR count). The van der Waals surface area contributed by atoms with Crippen molar-refractivity contribution in [2.45, 2.75) is 19.4 Å². The van der Waals surface area contributed by atoms with Crippen LogP contribution in [0.2, 0.25) is 0 Å². The first kappa shape index (κ1) is 14.0. The lowest BCUT2D eigenvalue weighted by Gasteiger charge is -2.13. The highest BCUT2D eigenvalue weighted by Crippen LogP contribution is 2.18. The molecule has 106 valence electrons. The molecule has 0 radical (unpaired) electrons. The molecule has 0 saturated carbocycles. The van der Waals surface area contributed by atoms with E-state index in [0.29, 0.717) is 24.1 Å². The number of carbonyl (C=O) groups is 2. The lowest BCUT2D eigenvalue weighted by atomic mass is 10.1. The summed E-state index contributed by atoms with van der Waals surface area (Å²) in [7, 11) is 1.69. The minimum absolute atomic E-state index is 0.0595. The Hall–Kier alpha value is -2.44. The second-order valence-electron chi connectivity index (χ2n) is 4.83. The van der Waals surface area contributed by atoms with Crippen molar-refractivity contribution in [2.75, 3.05) is 13.6 Å². The number of nitrogens with one attached hydrogen (secondary N) is 1. The summed E-state index contributed by atoms with van der Waals surface area (Å²) in [4.78, 5) is 35.5. The highest BCUT2D eigenvalue weighted by atomic mass is 16.6. The van der Waals surface area contributed by atoms with Crippen molar-refractivity contribution < 1.29 is 14.5 Å². The molecule has 0 spiro atoms. The molecule has 1 atom stereocenters. The molecule has 7 nitrogen and oxygen atoms in total. The first-order valence-corrected chi connectivity index (χ1v) is 6.21. The zero-order valence-electron chi connectivity index (χ0n) is 11.3. The largest absolute Gasteiger partial charge is 0.344 e. The van der Waals surface area contributed by atoms with E-state index in [2.05, 4.69) is 5.32 Å². The number of likely N-dealkylation sites (N-methyl/N-ethyl adjacent to an activating group) is 1. The summed E-state index contributed by atoms with van der Waals surface area (Å²) in [5.41, 5.74) is 0.796. The van der Waals surface area contributed by atoms with Crippen molar-refractivity contribution in [1.82, 2.24) is 10.2 Å². The SMILES string of the molecule is Cc1cc([N+](=O)[O-])ccc1C(=O)NC1CCN(C)C1=O. The third-order valence-electron chi connectivity index (χ3n) is 3.40. The van der Waals surface area contributed by atoms with Crippen LogP contribution >= 0.6 is 0 Å². The predicted octanol–water partition coefficient (Wildman–Crippen LogP) is 0.864. The van der Waals surface area contributed by atoms with Crippen molar-refractivity contribution in [2.24, 2.45) is 0 Å². The number of amides is 2. The maximum atomic E-state index is 12.1. The number of benzene rings is 1. The van der Waals surface area contributed by atoms with Crippen molar-refractivity contribution >= 4 is 17.5 Å². The number of nitro benzene ring substituents is 1. The topological polar surface area (TPSA) is 92.5 Å². The van der Waals surface area contributed by atoms with Gasteiger partial charge in [-0.2, -0.15) is 0 Å². The molecule has 7 heteroatoms. The van der Waals surface area contributed by atoms with Gasteiger partial charge in [-0.15, -0.1) is 0 Å². The lowest BCUT2D eigenvalue weighted by molar-refractivity contribution is -0.384. The second-order valence-corrected chi connectivity index (χ2v) is 4.83. The number of carbonyl (C=O) groups excluding carboxylic acids is 2. The molecular weight excluding hydrogens is 262 g/mol. The number of hydrogen-bond acceptors (Lipinski definition) is 4. The molecular formula is C13H15N3O4. The quantitative estimate of drug-likeness (QED) is 0.655. The van der Waals surface area contributed by atoms with E-state index in [1.807, 2.05) is 0 Å². The number of hydrogen-bond donors (Lipinski definition) is 1. The van der Waals surface area contributed by atoms with Crippen LogP contribution in [0.3, 0.4) is 0 Å². The predicted molar refractivity (Wildman–Crippen MR) is 71.3 cm³/mol. The second kappa shape index (κ2) is 5.28. The Morgan fingerprint density at radius 2 is 2.20 bits per heavy atom. The van der Waals surface area contributed by atoms with E-state index < -0.39 is 11.0 Å². The molecule has 1 aromatic rings. The molecule has 1 aromatic carbocycles. The standard InChI is InChI=1S/C13H15N3O4/c1-8-7-9(16(19)20)3-4-10(8)12(17)14-11-5-6-15(2)13(11)18/h3-4,7,11H,5-6H2,1-2H3,(H,14,17). The van der Waals surface area contributed by atoms with Crippen molar-refractivity contribution in [3.63, 3.8) is 0 Å². The third-order valence-corrected chi connectivity index (χ3v) is 3.40. The van der Waals surface area contributed by atoms with E-state index in [4.69, 9.17) is 0 Å². The monoisotopic (exact) mass is 277 g/mol. The minimum Gasteiger partial charge on any atom is -0.344 e. The van der Waals surface area contributed by atoms with E-state index in [9.17, 15) is 19.7 Å². The zero-order valence-corrected chi connectivity index (χ0v) is 11.3. The first-order valence-electron chi connectivity index (χ1n) is 6.21. The highest BCUT2D eigenvalue weighted by Gasteiger charge is 2.30. The average molecular weight is 277 g/mol. The van der Waals surface area contributed by atoms with Crippen LogP contribution in [-0.4, -0.2) is 41.3 Å². The fraction of sp³-hybridized carbons (Fsp3) is 0.385. The molecule has 1 aliphatic rings. The van der Waals surface area contributed by atoms with Gasteiger partial charge in [0.15, 0.2) is 0 Å². The van der Waals surface area contributed by atoms with Gasteiger partial charge in [-0.1, -0.05) is 0 Å². The fourth-order valence-corrected chi connectivity index (χ4v) is 2.21. The Morgan fingerprint density at radius 1 is 1.50 bits per heavy atom. The van der Waals surface area contributed by atoms with Crippen molar-refractivity contribution in [1.29, 1.82) is 0 Å². The highest BCUT2D eigenvalue weighted by molar-refractivity contribution is 5.99. The normalized spacial score (nSPS) is 18.2. The van der Waals surface area contributed by atoms with E-state index in [1.165, 1.54) is 18.2 Å². The lowest BCUT2D eigenvalue weighted by Crippen LogP contribution is -2.40. The van der Waals surface area contributed by atoms with Gasteiger partial charge in [0.05, 0.1) is 4.92 Å². The summed E-state index contributed by atoms with van der Waals surface area (Å²) in [5.74, 6) is -0.496. The number of non-ortho nitro benzene ring substituents is 1. The van der Waals surface area contributed by atoms with Crippen LogP contribution in [0.4, 0.5) is 5.69 Å². The summed E-state index contributed by atoms with van der Waals surface area (Å²) < 4.78 is 0. The fourth-order valence-electron chi connectivity index (χ4n) is 2.21. The molecule has 0 bridgehead atoms.